The molecule has 4 N–H and O–H groups in total. The molecule has 3 amide bonds. The molecule has 0 aromatic carbocycles. The first kappa shape index (κ1) is 34.6. The minimum atomic E-state index is -1.06. The number of oxime groups is 1. The standard InChI is InChI=1S/C17H24N4O6S.C8H8ClNO3S/c1-9(13(23)25-16(2,3)4)27-21-11(12(18)22)10-8-28-14(19-10)20-15(24)26-17(5,6)7;9-2-4-3-14-6-1-5(11)10(6)7(4)8(12)13/h8H,1H2,2-7H3,(H2,18,22)(H,19,20,24);6H,1-3H2,(H,12,13)/t;6-/m.0/s1. The maximum absolute atomic E-state index is 11.8. The quantitative estimate of drug-likeness (QED) is 0.0711. The second-order valence-corrected chi connectivity index (χ2v) is 12.9. The van der Waals surface area contributed by atoms with Crippen molar-refractivity contribution in [1.29, 1.82) is 0 Å². The number of carboxylic acids is 1. The van der Waals surface area contributed by atoms with E-state index >= 15 is 0 Å². The van der Waals surface area contributed by atoms with Crippen LogP contribution in [0.15, 0.2) is 34.1 Å². The number of nitrogens with one attached hydrogen (secondary N) is 1. The number of alkyl halides is 1. The first-order valence-corrected chi connectivity index (χ1v) is 14.7. The van der Waals surface area contributed by atoms with Gasteiger partial charge in [0.15, 0.2) is 10.8 Å². The van der Waals surface area contributed by atoms with Gasteiger partial charge in [0.2, 0.25) is 11.7 Å². The molecule has 1 aromatic heterocycles. The molecule has 0 unspecified atom stereocenters. The van der Waals surface area contributed by atoms with Crippen molar-refractivity contribution in [3.8, 4) is 0 Å². The Morgan fingerprint density at radius 2 is 1.83 bits per heavy atom. The van der Waals surface area contributed by atoms with E-state index in [0.717, 1.165) is 11.3 Å². The number of aliphatic carboxylic acids is 1. The molecule has 42 heavy (non-hydrogen) atoms. The number of nitrogens with two attached hydrogens (primary N) is 1. The first-order valence-electron chi connectivity index (χ1n) is 12.2. The number of esters is 1. The highest BCUT2D eigenvalue weighted by Crippen LogP contribution is 2.40. The Bertz CT molecular complexity index is 1330. The number of anilines is 1. The number of hydrogen-bond acceptors (Lipinski definition) is 12. The fraction of sp³-hybridized carbons (Fsp3) is 0.480. The number of primary amides is 1. The van der Waals surface area contributed by atoms with Gasteiger partial charge in [-0.2, -0.15) is 0 Å². The van der Waals surface area contributed by atoms with Gasteiger partial charge in [0.05, 0.1) is 11.8 Å². The minimum absolute atomic E-state index is 0.0144. The van der Waals surface area contributed by atoms with Crippen molar-refractivity contribution in [2.75, 3.05) is 16.9 Å². The highest BCUT2D eigenvalue weighted by Gasteiger charge is 2.45. The zero-order valence-corrected chi connectivity index (χ0v) is 26.2. The Morgan fingerprint density at radius 3 is 2.33 bits per heavy atom. The van der Waals surface area contributed by atoms with Crippen LogP contribution in [-0.2, 0) is 33.5 Å². The highest BCUT2D eigenvalue weighted by molar-refractivity contribution is 8.00. The number of carbonyl (C=O) groups is 5. The molecule has 230 valence electrons. The molecule has 2 aliphatic heterocycles. The number of thiazole rings is 1. The Hall–Kier alpha value is -3.63. The smallest absolute Gasteiger partial charge is 0.413 e. The average molecular weight is 646 g/mol. The van der Waals surface area contributed by atoms with E-state index in [1.165, 1.54) is 10.3 Å². The van der Waals surface area contributed by atoms with Gasteiger partial charge in [-0.25, -0.2) is 19.4 Å². The number of nitrogens with zero attached hydrogens (tertiary/aromatic N) is 3. The van der Waals surface area contributed by atoms with Crippen LogP contribution in [0.5, 0.6) is 0 Å². The summed E-state index contributed by atoms with van der Waals surface area (Å²) in [5, 5.41) is 16.5. The molecule has 3 rings (SSSR count). The van der Waals surface area contributed by atoms with Crippen molar-refractivity contribution < 1.29 is 43.4 Å². The third-order valence-corrected chi connectivity index (χ3v) is 7.12. The van der Waals surface area contributed by atoms with E-state index in [-0.39, 0.29) is 39.4 Å². The molecule has 1 saturated heterocycles. The molecule has 2 aliphatic rings. The van der Waals surface area contributed by atoms with Crippen molar-refractivity contribution in [2.45, 2.75) is 64.5 Å². The third-order valence-electron chi connectivity index (χ3n) is 4.76. The lowest BCUT2D eigenvalue weighted by Gasteiger charge is -2.43. The number of ether oxygens (including phenoxy) is 2. The lowest BCUT2D eigenvalue weighted by Crippen LogP contribution is -2.54. The summed E-state index contributed by atoms with van der Waals surface area (Å²) in [6.45, 7) is 13.6. The number of carboxylic acid groups (broad SMARTS) is 1. The van der Waals surface area contributed by atoms with Gasteiger partial charge in [-0.3, -0.25) is 19.8 Å². The van der Waals surface area contributed by atoms with E-state index in [0.29, 0.717) is 17.7 Å². The van der Waals surface area contributed by atoms with Gasteiger partial charge in [0.1, 0.15) is 22.6 Å². The van der Waals surface area contributed by atoms with Gasteiger partial charge in [-0.15, -0.1) is 34.7 Å². The predicted octanol–water partition coefficient (Wildman–Crippen LogP) is 3.42. The Labute approximate surface area is 255 Å². The molecule has 14 nitrogen and oxygen atoms in total. The number of amides is 3. The molecule has 0 spiro atoms. The topological polar surface area (TPSA) is 200 Å². The molecule has 3 heterocycles. The van der Waals surface area contributed by atoms with Crippen LogP contribution in [0.25, 0.3) is 0 Å². The summed E-state index contributed by atoms with van der Waals surface area (Å²) in [4.78, 5) is 67.6. The molecule has 0 bridgehead atoms. The van der Waals surface area contributed by atoms with E-state index in [2.05, 4.69) is 22.0 Å². The van der Waals surface area contributed by atoms with Gasteiger partial charge >= 0.3 is 18.0 Å². The van der Waals surface area contributed by atoms with Crippen LogP contribution in [0.2, 0.25) is 0 Å². The third kappa shape index (κ3) is 10.0. The number of halogens is 1. The predicted molar refractivity (Wildman–Crippen MR) is 157 cm³/mol. The summed E-state index contributed by atoms with van der Waals surface area (Å²) in [5.74, 6) is -2.63. The van der Waals surface area contributed by atoms with Crippen molar-refractivity contribution in [1.82, 2.24) is 9.88 Å². The summed E-state index contributed by atoms with van der Waals surface area (Å²) in [6, 6.07) is 0. The maximum atomic E-state index is 11.8. The normalized spacial score (nSPS) is 16.7. The Balaban J connectivity index is 0.000000363. The monoisotopic (exact) mass is 645 g/mol. The average Bonchev–Trinajstić information content (AvgIpc) is 3.28. The van der Waals surface area contributed by atoms with Crippen LogP contribution in [0.4, 0.5) is 9.93 Å². The minimum Gasteiger partial charge on any atom is -0.477 e. The van der Waals surface area contributed by atoms with Crippen molar-refractivity contribution in [3.05, 3.63) is 34.7 Å². The number of rotatable bonds is 8. The fourth-order valence-corrected chi connectivity index (χ4v) is 5.38. The van der Waals surface area contributed by atoms with Crippen LogP contribution in [0.3, 0.4) is 0 Å². The zero-order chi connectivity index (χ0) is 32.0. The summed E-state index contributed by atoms with van der Waals surface area (Å²) in [5.41, 5.74) is 4.26. The molecular weight excluding hydrogens is 614 g/mol. The van der Waals surface area contributed by atoms with E-state index in [1.807, 2.05) is 0 Å². The van der Waals surface area contributed by atoms with Crippen molar-refractivity contribution in [2.24, 2.45) is 10.9 Å². The number of carbonyl (C=O) groups excluding carboxylic acids is 4. The van der Waals surface area contributed by atoms with Gasteiger partial charge in [-0.05, 0) is 53.7 Å². The second-order valence-electron chi connectivity index (χ2n) is 10.6. The molecule has 1 atom stereocenters. The SMILES string of the molecule is C=C(ON=C(C(N)=O)c1csc(NC(=O)OC(C)(C)C)n1)C(=O)OC(C)(C)C.O=C(O)C1=C(CCl)CS[C@H]2CC(=O)N12. The fourth-order valence-electron chi connectivity index (χ4n) is 3.10. The summed E-state index contributed by atoms with van der Waals surface area (Å²) < 4.78 is 10.2. The van der Waals surface area contributed by atoms with Gasteiger partial charge in [0, 0.05) is 17.0 Å². The van der Waals surface area contributed by atoms with Crippen LogP contribution in [0.1, 0.15) is 53.7 Å². The van der Waals surface area contributed by atoms with Crippen LogP contribution in [-0.4, -0.2) is 78.8 Å². The van der Waals surface area contributed by atoms with E-state index in [9.17, 15) is 24.0 Å². The largest absolute Gasteiger partial charge is 0.477 e. The number of aromatic nitrogens is 1. The van der Waals surface area contributed by atoms with E-state index in [1.54, 1.807) is 53.3 Å². The molecule has 0 saturated carbocycles. The number of β-lactam (4-membered cyclic amide) rings is 1. The highest BCUT2D eigenvalue weighted by atomic mass is 35.5. The van der Waals surface area contributed by atoms with Crippen LogP contribution < -0.4 is 11.1 Å². The number of fused-ring (bicyclic) bond motifs is 1. The molecule has 0 radical (unpaired) electrons. The molecular formula is C25H32ClN5O9S2. The van der Waals surface area contributed by atoms with Crippen LogP contribution in [0, 0.1) is 0 Å². The maximum Gasteiger partial charge on any atom is 0.413 e. The molecule has 0 aliphatic carbocycles. The van der Waals surface area contributed by atoms with E-state index < -0.39 is 40.9 Å². The molecule has 1 aromatic rings. The van der Waals surface area contributed by atoms with E-state index in [4.69, 9.17) is 36.8 Å². The van der Waals surface area contributed by atoms with Gasteiger partial charge in [-0.1, -0.05) is 5.16 Å². The Morgan fingerprint density at radius 1 is 1.21 bits per heavy atom. The second kappa shape index (κ2) is 14.0. The lowest BCUT2D eigenvalue weighted by molar-refractivity contribution is -0.154. The van der Waals surface area contributed by atoms with Crippen molar-refractivity contribution >= 4 is 75.4 Å². The zero-order valence-electron chi connectivity index (χ0n) is 23.8. The molecule has 17 heteroatoms. The Kier molecular flexibility index (Phi) is 11.5. The molecule has 1 fully saturated rings. The summed E-state index contributed by atoms with van der Waals surface area (Å²) >= 11 is 8.22. The first-order chi connectivity index (χ1) is 19.3. The van der Waals surface area contributed by atoms with Crippen molar-refractivity contribution in [3.63, 3.8) is 0 Å². The summed E-state index contributed by atoms with van der Waals surface area (Å²) in [7, 11) is 0. The summed E-state index contributed by atoms with van der Waals surface area (Å²) in [6.07, 6.45) is -0.266. The number of thioether (sulfide) groups is 1. The lowest BCUT2D eigenvalue weighted by atomic mass is 10.1. The number of hydrogen-bond donors (Lipinski definition) is 3. The van der Waals surface area contributed by atoms with Gasteiger partial charge in [0.25, 0.3) is 5.91 Å². The van der Waals surface area contributed by atoms with Crippen LogP contribution >= 0.6 is 34.7 Å². The van der Waals surface area contributed by atoms with Gasteiger partial charge < -0.3 is 25.2 Å².